The molecule has 1 unspecified atom stereocenters. The number of nitrogens with one attached hydrogen (secondary N) is 1. The molecule has 0 aromatic rings. The average Bonchev–Trinajstić information content (AvgIpc) is 2.89. The van der Waals surface area contributed by atoms with Gasteiger partial charge in [-0.1, -0.05) is 0 Å². The highest BCUT2D eigenvalue weighted by Gasteiger charge is 2.20. The van der Waals surface area contributed by atoms with Crippen LogP contribution in [0.2, 0.25) is 0 Å². The van der Waals surface area contributed by atoms with Crippen LogP contribution in [-0.2, 0) is 4.79 Å². The smallest absolute Gasteiger partial charge is 0.223 e. The molecule has 0 bridgehead atoms. The molecule has 16 heavy (non-hydrogen) atoms. The van der Waals surface area contributed by atoms with E-state index in [4.69, 9.17) is 0 Å². The Hall–Kier alpha value is -0.610. The van der Waals surface area contributed by atoms with Gasteiger partial charge in [0.25, 0.3) is 0 Å². The Labute approximate surface area is 98.0 Å². The van der Waals surface area contributed by atoms with Crippen molar-refractivity contribution in [1.29, 1.82) is 0 Å². The lowest BCUT2D eigenvalue weighted by Gasteiger charge is -2.17. The highest BCUT2D eigenvalue weighted by atomic mass is 16.2. The van der Waals surface area contributed by atoms with Gasteiger partial charge in [0.15, 0.2) is 0 Å². The van der Waals surface area contributed by atoms with Crippen LogP contribution in [0.25, 0.3) is 0 Å². The van der Waals surface area contributed by atoms with Crippen molar-refractivity contribution >= 4 is 5.91 Å². The maximum Gasteiger partial charge on any atom is 0.223 e. The Morgan fingerprint density at radius 2 is 2.06 bits per heavy atom. The SMILES string of the molecule is CN1CCC(NCCC(=O)N2CCCC2)C1. The predicted molar refractivity (Wildman–Crippen MR) is 64.3 cm³/mol. The molecule has 0 radical (unpaired) electrons. The zero-order valence-electron chi connectivity index (χ0n) is 10.2. The Bertz CT molecular complexity index is 238. The molecule has 0 saturated carbocycles. The topological polar surface area (TPSA) is 35.6 Å². The highest BCUT2D eigenvalue weighted by molar-refractivity contribution is 5.76. The van der Waals surface area contributed by atoms with Crippen LogP contribution in [0.15, 0.2) is 0 Å². The normalized spacial score (nSPS) is 26.6. The van der Waals surface area contributed by atoms with E-state index in [1.807, 2.05) is 4.90 Å². The Balaban J connectivity index is 1.58. The van der Waals surface area contributed by atoms with Gasteiger partial charge in [0.05, 0.1) is 0 Å². The minimum absolute atomic E-state index is 0.330. The molecular weight excluding hydrogens is 202 g/mol. The van der Waals surface area contributed by atoms with Gasteiger partial charge in [-0.15, -0.1) is 0 Å². The minimum atomic E-state index is 0.330. The monoisotopic (exact) mass is 225 g/mol. The van der Waals surface area contributed by atoms with E-state index >= 15 is 0 Å². The lowest BCUT2D eigenvalue weighted by molar-refractivity contribution is -0.130. The van der Waals surface area contributed by atoms with Gasteiger partial charge < -0.3 is 15.1 Å². The first-order chi connectivity index (χ1) is 7.75. The van der Waals surface area contributed by atoms with E-state index in [0.717, 1.165) is 26.2 Å². The van der Waals surface area contributed by atoms with E-state index in [0.29, 0.717) is 18.4 Å². The second kappa shape index (κ2) is 5.64. The maximum atomic E-state index is 11.8. The molecule has 0 spiro atoms. The minimum Gasteiger partial charge on any atom is -0.343 e. The van der Waals surface area contributed by atoms with E-state index in [9.17, 15) is 4.79 Å². The average molecular weight is 225 g/mol. The molecule has 1 amide bonds. The molecule has 2 aliphatic heterocycles. The van der Waals surface area contributed by atoms with E-state index in [1.54, 1.807) is 0 Å². The van der Waals surface area contributed by atoms with Gasteiger partial charge in [0.2, 0.25) is 5.91 Å². The van der Waals surface area contributed by atoms with Crippen LogP contribution in [0.3, 0.4) is 0 Å². The zero-order valence-corrected chi connectivity index (χ0v) is 10.2. The van der Waals surface area contributed by atoms with Crippen LogP contribution in [0.4, 0.5) is 0 Å². The van der Waals surface area contributed by atoms with Crippen LogP contribution in [0, 0.1) is 0 Å². The van der Waals surface area contributed by atoms with Gasteiger partial charge in [0.1, 0.15) is 0 Å². The first kappa shape index (κ1) is 11.9. The summed E-state index contributed by atoms with van der Waals surface area (Å²) in [5.74, 6) is 0.330. The number of hydrogen-bond donors (Lipinski definition) is 1. The molecule has 2 heterocycles. The first-order valence-corrected chi connectivity index (χ1v) is 6.45. The summed E-state index contributed by atoms with van der Waals surface area (Å²) in [5.41, 5.74) is 0. The summed E-state index contributed by atoms with van der Waals surface area (Å²) in [5, 5.41) is 3.48. The molecule has 0 aromatic carbocycles. The second-order valence-corrected chi connectivity index (χ2v) is 5.04. The summed E-state index contributed by atoms with van der Waals surface area (Å²) < 4.78 is 0. The van der Waals surface area contributed by atoms with Crippen LogP contribution in [0.1, 0.15) is 25.7 Å². The van der Waals surface area contributed by atoms with Gasteiger partial charge in [-0.3, -0.25) is 4.79 Å². The summed E-state index contributed by atoms with van der Waals surface area (Å²) in [6.45, 7) is 5.10. The molecule has 1 N–H and O–H groups in total. The summed E-state index contributed by atoms with van der Waals surface area (Å²) in [4.78, 5) is 16.1. The van der Waals surface area contributed by atoms with Crippen molar-refractivity contribution in [3.63, 3.8) is 0 Å². The van der Waals surface area contributed by atoms with Crippen LogP contribution in [0.5, 0.6) is 0 Å². The molecule has 2 fully saturated rings. The van der Waals surface area contributed by atoms with Crippen molar-refractivity contribution in [2.45, 2.75) is 31.7 Å². The van der Waals surface area contributed by atoms with Gasteiger partial charge >= 0.3 is 0 Å². The molecule has 2 rings (SSSR count). The van der Waals surface area contributed by atoms with Gasteiger partial charge in [-0.05, 0) is 32.9 Å². The number of hydrogen-bond acceptors (Lipinski definition) is 3. The largest absolute Gasteiger partial charge is 0.343 e. The van der Waals surface area contributed by atoms with Crippen LogP contribution >= 0.6 is 0 Å². The molecule has 0 aliphatic carbocycles. The molecular formula is C12H23N3O. The lowest BCUT2D eigenvalue weighted by Crippen LogP contribution is -2.36. The summed E-state index contributed by atoms with van der Waals surface area (Å²) >= 11 is 0. The Kier molecular flexibility index (Phi) is 4.18. The Morgan fingerprint density at radius 1 is 1.31 bits per heavy atom. The highest BCUT2D eigenvalue weighted by Crippen LogP contribution is 2.09. The number of nitrogens with zero attached hydrogens (tertiary/aromatic N) is 2. The summed E-state index contributed by atoms with van der Waals surface area (Å²) in [6, 6.07) is 0.594. The van der Waals surface area contributed by atoms with Crippen molar-refractivity contribution in [3.8, 4) is 0 Å². The number of likely N-dealkylation sites (tertiary alicyclic amines) is 2. The molecule has 92 valence electrons. The fourth-order valence-electron chi connectivity index (χ4n) is 2.61. The predicted octanol–water partition coefficient (Wildman–Crippen LogP) is 0.293. The second-order valence-electron chi connectivity index (χ2n) is 5.04. The van der Waals surface area contributed by atoms with E-state index in [-0.39, 0.29) is 0 Å². The number of carbonyl (C=O) groups excluding carboxylic acids is 1. The van der Waals surface area contributed by atoms with Crippen LogP contribution in [-0.4, -0.2) is 61.5 Å². The Morgan fingerprint density at radius 3 is 2.69 bits per heavy atom. The molecule has 2 saturated heterocycles. The third-order valence-corrected chi connectivity index (χ3v) is 3.62. The lowest BCUT2D eigenvalue weighted by atomic mass is 10.2. The van der Waals surface area contributed by atoms with Gasteiger partial charge in [-0.2, -0.15) is 0 Å². The maximum absolute atomic E-state index is 11.8. The number of amides is 1. The fourth-order valence-corrected chi connectivity index (χ4v) is 2.61. The number of carbonyl (C=O) groups is 1. The van der Waals surface area contributed by atoms with E-state index < -0.39 is 0 Å². The molecule has 1 atom stereocenters. The molecule has 4 heteroatoms. The van der Waals surface area contributed by atoms with Crippen molar-refractivity contribution in [1.82, 2.24) is 15.1 Å². The standard InChI is InChI=1S/C12H23N3O/c1-14-9-5-11(10-14)13-6-4-12(16)15-7-2-3-8-15/h11,13H,2-10H2,1H3. The van der Waals surface area contributed by atoms with Crippen molar-refractivity contribution < 1.29 is 4.79 Å². The quantitative estimate of drug-likeness (QED) is 0.747. The molecule has 2 aliphatic rings. The zero-order chi connectivity index (χ0) is 11.4. The van der Waals surface area contributed by atoms with Crippen LogP contribution < -0.4 is 5.32 Å². The number of likely N-dealkylation sites (N-methyl/N-ethyl adjacent to an activating group) is 1. The van der Waals surface area contributed by atoms with Crippen molar-refractivity contribution in [3.05, 3.63) is 0 Å². The number of rotatable bonds is 4. The fraction of sp³-hybridized carbons (Fsp3) is 0.917. The van der Waals surface area contributed by atoms with Gasteiger partial charge in [-0.25, -0.2) is 0 Å². The third kappa shape index (κ3) is 3.19. The van der Waals surface area contributed by atoms with E-state index in [1.165, 1.54) is 25.8 Å². The summed E-state index contributed by atoms with van der Waals surface area (Å²) in [6.07, 6.45) is 4.26. The first-order valence-electron chi connectivity index (χ1n) is 6.45. The molecule has 0 aromatic heterocycles. The van der Waals surface area contributed by atoms with Gasteiger partial charge in [0, 0.05) is 38.6 Å². The van der Waals surface area contributed by atoms with Crippen molar-refractivity contribution in [2.24, 2.45) is 0 Å². The summed E-state index contributed by atoms with van der Waals surface area (Å²) in [7, 11) is 2.15. The molecule has 4 nitrogen and oxygen atoms in total. The third-order valence-electron chi connectivity index (χ3n) is 3.62. The van der Waals surface area contributed by atoms with Crippen molar-refractivity contribution in [2.75, 3.05) is 39.8 Å². The van der Waals surface area contributed by atoms with E-state index in [2.05, 4.69) is 17.3 Å².